The average Bonchev–Trinajstić information content (AvgIpc) is 2.45. The van der Waals surface area contributed by atoms with Crippen molar-refractivity contribution in [3.05, 3.63) is 0 Å². The van der Waals surface area contributed by atoms with Gasteiger partial charge in [0.25, 0.3) is 0 Å². The van der Waals surface area contributed by atoms with Crippen LogP contribution in [0.4, 0.5) is 4.79 Å². The summed E-state index contributed by atoms with van der Waals surface area (Å²) in [7, 11) is 0. The number of esters is 1. The molecule has 0 aliphatic heterocycles. The fourth-order valence-corrected chi connectivity index (χ4v) is 1.87. The minimum absolute atomic E-state index is 0.00483. The molecule has 0 saturated carbocycles. The topological polar surface area (TPSA) is 64.6 Å². The second-order valence-corrected chi connectivity index (χ2v) is 7.85. The van der Waals surface area contributed by atoms with Crippen molar-refractivity contribution in [3.8, 4) is 0 Å². The fraction of sp³-hybridized carbons (Fsp3) is 0.889. The molecular weight excluding hydrogens is 294 g/mol. The second-order valence-electron chi connectivity index (χ2n) is 7.85. The predicted molar refractivity (Wildman–Crippen MR) is 92.2 cm³/mol. The summed E-state index contributed by atoms with van der Waals surface area (Å²) in [5.74, 6) is 0.204. The van der Waals surface area contributed by atoms with Crippen molar-refractivity contribution in [2.75, 3.05) is 13.2 Å². The van der Waals surface area contributed by atoms with Gasteiger partial charge in [-0.1, -0.05) is 54.9 Å². The van der Waals surface area contributed by atoms with E-state index in [1.54, 1.807) is 0 Å². The maximum Gasteiger partial charge on any atom is 0.407 e. The molecule has 0 aromatic carbocycles. The van der Waals surface area contributed by atoms with Crippen molar-refractivity contribution in [2.45, 2.75) is 73.8 Å². The van der Waals surface area contributed by atoms with Crippen LogP contribution in [-0.4, -0.2) is 31.3 Å². The van der Waals surface area contributed by atoms with Gasteiger partial charge in [-0.15, -0.1) is 0 Å². The summed E-state index contributed by atoms with van der Waals surface area (Å²) in [6.45, 7) is 14.8. The van der Waals surface area contributed by atoms with Crippen molar-refractivity contribution < 1.29 is 19.1 Å². The van der Waals surface area contributed by atoms with Crippen molar-refractivity contribution in [1.82, 2.24) is 5.32 Å². The molecule has 0 bridgehead atoms. The number of alkyl carbamates (subject to hydrolysis) is 1. The van der Waals surface area contributed by atoms with E-state index >= 15 is 0 Å². The van der Waals surface area contributed by atoms with Gasteiger partial charge in [0.05, 0.1) is 13.2 Å². The maximum atomic E-state index is 12.2. The summed E-state index contributed by atoms with van der Waals surface area (Å²) in [6.07, 6.45) is 2.06. The van der Waals surface area contributed by atoms with Crippen molar-refractivity contribution in [2.24, 2.45) is 17.3 Å². The molecule has 2 unspecified atom stereocenters. The van der Waals surface area contributed by atoms with Crippen molar-refractivity contribution >= 4 is 12.1 Å². The number of carbonyl (C=O) groups excluding carboxylic acids is 2. The molecule has 0 aliphatic rings. The highest BCUT2D eigenvalue weighted by molar-refractivity contribution is 5.81. The number of carbonyl (C=O) groups is 2. The third-order valence-corrected chi connectivity index (χ3v) is 3.55. The van der Waals surface area contributed by atoms with E-state index in [1.807, 2.05) is 34.6 Å². The first-order valence-corrected chi connectivity index (χ1v) is 8.66. The maximum absolute atomic E-state index is 12.2. The van der Waals surface area contributed by atoms with E-state index in [9.17, 15) is 9.59 Å². The molecule has 2 atom stereocenters. The normalized spacial score (nSPS) is 14.3. The van der Waals surface area contributed by atoms with Gasteiger partial charge >= 0.3 is 12.1 Å². The van der Waals surface area contributed by atoms with E-state index in [1.165, 1.54) is 0 Å². The summed E-state index contributed by atoms with van der Waals surface area (Å²) in [4.78, 5) is 24.1. The van der Waals surface area contributed by atoms with E-state index in [0.717, 1.165) is 19.3 Å². The average molecular weight is 329 g/mol. The fourth-order valence-electron chi connectivity index (χ4n) is 1.87. The van der Waals surface area contributed by atoms with Crippen LogP contribution in [0.1, 0.15) is 67.7 Å². The van der Waals surface area contributed by atoms with Crippen molar-refractivity contribution in [1.29, 1.82) is 0 Å². The van der Waals surface area contributed by atoms with Gasteiger partial charge in [-0.25, -0.2) is 9.59 Å². The highest BCUT2D eigenvalue weighted by Crippen LogP contribution is 2.14. The second kappa shape index (κ2) is 10.5. The van der Waals surface area contributed by atoms with E-state index in [4.69, 9.17) is 9.47 Å². The molecule has 0 rings (SSSR count). The van der Waals surface area contributed by atoms with E-state index in [2.05, 4.69) is 19.2 Å². The lowest BCUT2D eigenvalue weighted by Crippen LogP contribution is -2.46. The number of rotatable bonds is 9. The molecule has 0 aliphatic carbocycles. The zero-order valence-electron chi connectivity index (χ0n) is 15.9. The molecule has 1 N–H and O–H groups in total. The summed E-state index contributed by atoms with van der Waals surface area (Å²) in [5.41, 5.74) is -0.111. The minimum Gasteiger partial charge on any atom is -0.464 e. The van der Waals surface area contributed by atoms with Gasteiger partial charge in [0.15, 0.2) is 0 Å². The van der Waals surface area contributed by atoms with E-state index in [0.29, 0.717) is 19.1 Å². The first kappa shape index (κ1) is 21.7. The molecule has 0 spiro atoms. The number of amides is 1. The Balaban J connectivity index is 4.45. The van der Waals surface area contributed by atoms with Crippen LogP contribution in [0.2, 0.25) is 0 Å². The van der Waals surface area contributed by atoms with Crippen molar-refractivity contribution in [3.63, 3.8) is 0 Å². The summed E-state index contributed by atoms with van der Waals surface area (Å²) in [6, 6.07) is -0.661. The molecular formula is C18H35NO4. The van der Waals surface area contributed by atoms with Crippen LogP contribution in [0.25, 0.3) is 0 Å². The third kappa shape index (κ3) is 11.0. The number of ether oxygens (including phenoxy) is 2. The van der Waals surface area contributed by atoms with Gasteiger partial charge in [0.1, 0.15) is 6.04 Å². The van der Waals surface area contributed by atoms with Gasteiger partial charge < -0.3 is 14.8 Å². The van der Waals surface area contributed by atoms with Gasteiger partial charge in [-0.3, -0.25) is 0 Å². The Morgan fingerprint density at radius 2 is 1.70 bits per heavy atom. The molecule has 23 heavy (non-hydrogen) atoms. The Morgan fingerprint density at radius 1 is 1.09 bits per heavy atom. The standard InChI is InChI=1S/C18H35NO4/c1-8-14(4)15(16(20)22-11-9-10-13(2)3)19-17(21)23-12-18(5,6)7/h13-15H,8-12H2,1-7H3,(H,19,21). The smallest absolute Gasteiger partial charge is 0.407 e. The van der Waals surface area contributed by atoms with Gasteiger partial charge in [0, 0.05) is 0 Å². The molecule has 1 amide bonds. The van der Waals surface area contributed by atoms with E-state index in [-0.39, 0.29) is 17.3 Å². The number of nitrogens with one attached hydrogen (secondary N) is 1. The predicted octanol–water partition coefficient (Wildman–Crippen LogP) is 4.15. The highest BCUT2D eigenvalue weighted by atomic mass is 16.6. The van der Waals surface area contributed by atoms with Gasteiger partial charge in [0.2, 0.25) is 0 Å². The molecule has 0 aromatic heterocycles. The van der Waals surface area contributed by atoms with Crippen LogP contribution in [0, 0.1) is 17.3 Å². The molecule has 0 aromatic rings. The molecule has 0 fully saturated rings. The van der Waals surface area contributed by atoms with Crippen LogP contribution in [0.5, 0.6) is 0 Å². The first-order valence-electron chi connectivity index (χ1n) is 8.66. The molecule has 0 heterocycles. The quantitative estimate of drug-likeness (QED) is 0.510. The zero-order valence-corrected chi connectivity index (χ0v) is 15.9. The Bertz CT molecular complexity index is 361. The lowest BCUT2D eigenvalue weighted by molar-refractivity contribution is -0.147. The van der Waals surface area contributed by atoms with Gasteiger partial charge in [-0.05, 0) is 30.1 Å². The largest absolute Gasteiger partial charge is 0.464 e. The SMILES string of the molecule is CCC(C)C(NC(=O)OCC(C)(C)C)C(=O)OCCCC(C)C. The number of hydrogen-bond donors (Lipinski definition) is 1. The first-order chi connectivity index (χ1) is 10.6. The molecule has 5 nitrogen and oxygen atoms in total. The molecule has 136 valence electrons. The lowest BCUT2D eigenvalue weighted by Gasteiger charge is -2.24. The van der Waals surface area contributed by atoms with E-state index < -0.39 is 12.1 Å². The van der Waals surface area contributed by atoms with Crippen LogP contribution >= 0.6 is 0 Å². The Hall–Kier alpha value is -1.26. The zero-order chi connectivity index (χ0) is 18.0. The lowest BCUT2D eigenvalue weighted by atomic mass is 9.98. The van der Waals surface area contributed by atoms with Crippen LogP contribution in [0.15, 0.2) is 0 Å². The van der Waals surface area contributed by atoms with Crippen LogP contribution in [0.3, 0.4) is 0 Å². The van der Waals surface area contributed by atoms with Crippen LogP contribution in [-0.2, 0) is 14.3 Å². The monoisotopic (exact) mass is 329 g/mol. The van der Waals surface area contributed by atoms with Crippen LogP contribution < -0.4 is 5.32 Å². The summed E-state index contributed by atoms with van der Waals surface area (Å²) in [5, 5.41) is 2.65. The Labute approximate surface area is 141 Å². The molecule has 5 heteroatoms. The van der Waals surface area contributed by atoms with Gasteiger partial charge in [-0.2, -0.15) is 0 Å². The summed E-state index contributed by atoms with van der Waals surface area (Å²) < 4.78 is 10.5. The molecule has 0 radical (unpaired) electrons. The summed E-state index contributed by atoms with van der Waals surface area (Å²) >= 11 is 0. The minimum atomic E-state index is -0.661. The third-order valence-electron chi connectivity index (χ3n) is 3.55. The highest BCUT2D eigenvalue weighted by Gasteiger charge is 2.28. The number of hydrogen-bond acceptors (Lipinski definition) is 4. The Morgan fingerprint density at radius 3 is 2.17 bits per heavy atom. The molecule has 0 saturated heterocycles. The Kier molecular flexibility index (Phi) is 9.93.